The number of amides is 3. The fourth-order valence-electron chi connectivity index (χ4n) is 3.10. The molecule has 0 radical (unpaired) electrons. The molecule has 0 spiro atoms. The molecule has 3 amide bonds. The number of carbonyl (C=O) groups is 4. The molecule has 10 nitrogen and oxygen atoms in total. The van der Waals surface area contributed by atoms with Gasteiger partial charge in [-0.05, 0) is 37.5 Å². The molecule has 0 aromatic rings. The summed E-state index contributed by atoms with van der Waals surface area (Å²) in [5.41, 5.74) is 11.1. The first kappa shape index (κ1) is 27.5. The summed E-state index contributed by atoms with van der Waals surface area (Å²) in [4.78, 5) is 50.4. The van der Waals surface area contributed by atoms with Gasteiger partial charge >= 0.3 is 0 Å². The highest BCUT2D eigenvalue weighted by Crippen LogP contribution is 2.14. The summed E-state index contributed by atoms with van der Waals surface area (Å²) in [6, 6.07) is -2.70. The summed E-state index contributed by atoms with van der Waals surface area (Å²) >= 11 is 0. The molecule has 0 saturated carbocycles. The zero-order valence-electron chi connectivity index (χ0n) is 18.7. The SMILES string of the molecule is CC(=O)N(C(=O)[C@H](CC(C)C)NC(=O)[C@@H](N)CC(C)C)[C@H](C=O)CCCNC(=N)N. The number of imide groups is 1. The predicted octanol–water partition coefficient (Wildman–Crippen LogP) is 0.0966. The summed E-state index contributed by atoms with van der Waals surface area (Å²) in [6.45, 7) is 9.21. The zero-order chi connectivity index (χ0) is 23.4. The third-order valence-corrected chi connectivity index (χ3v) is 4.44. The lowest BCUT2D eigenvalue weighted by atomic mass is 9.99. The number of carbonyl (C=O) groups excluding carboxylic acids is 4. The van der Waals surface area contributed by atoms with Crippen LogP contribution in [0.15, 0.2) is 0 Å². The second-order valence-corrected chi connectivity index (χ2v) is 8.34. The van der Waals surface area contributed by atoms with Gasteiger partial charge in [0.05, 0.1) is 12.1 Å². The molecule has 0 aliphatic heterocycles. The van der Waals surface area contributed by atoms with Crippen molar-refractivity contribution in [2.75, 3.05) is 6.54 Å². The summed E-state index contributed by atoms with van der Waals surface area (Å²) in [6.07, 6.45) is 1.95. The first-order chi connectivity index (χ1) is 13.9. The van der Waals surface area contributed by atoms with E-state index in [2.05, 4.69) is 10.6 Å². The number of guanidine groups is 1. The Balaban J connectivity index is 5.43. The third-order valence-electron chi connectivity index (χ3n) is 4.44. The molecule has 3 atom stereocenters. The molecule has 0 bridgehead atoms. The topological polar surface area (TPSA) is 171 Å². The Morgan fingerprint density at radius 3 is 2.10 bits per heavy atom. The third kappa shape index (κ3) is 10.3. The summed E-state index contributed by atoms with van der Waals surface area (Å²) < 4.78 is 0. The highest BCUT2D eigenvalue weighted by atomic mass is 16.2. The minimum atomic E-state index is -0.973. The van der Waals surface area contributed by atoms with Gasteiger partial charge < -0.3 is 26.9 Å². The molecule has 0 rings (SSSR count). The van der Waals surface area contributed by atoms with Gasteiger partial charge in [0.25, 0.3) is 5.91 Å². The number of nitrogens with one attached hydrogen (secondary N) is 3. The molecule has 0 aromatic carbocycles. The van der Waals surface area contributed by atoms with Crippen molar-refractivity contribution in [3.05, 3.63) is 0 Å². The molecule has 10 heteroatoms. The first-order valence-corrected chi connectivity index (χ1v) is 10.3. The number of rotatable bonds is 13. The van der Waals surface area contributed by atoms with E-state index in [1.165, 1.54) is 6.92 Å². The highest BCUT2D eigenvalue weighted by Gasteiger charge is 2.34. The van der Waals surface area contributed by atoms with Gasteiger partial charge in [0, 0.05) is 13.5 Å². The maximum atomic E-state index is 13.2. The first-order valence-electron chi connectivity index (χ1n) is 10.3. The average molecular weight is 427 g/mol. The van der Waals surface area contributed by atoms with Crippen LogP contribution in [0, 0.1) is 17.2 Å². The van der Waals surface area contributed by atoms with E-state index in [-0.39, 0.29) is 24.2 Å². The Morgan fingerprint density at radius 2 is 1.67 bits per heavy atom. The molecule has 0 aliphatic carbocycles. The lowest BCUT2D eigenvalue weighted by Gasteiger charge is -2.31. The van der Waals surface area contributed by atoms with Crippen LogP contribution in [0.25, 0.3) is 0 Å². The molecule has 0 fully saturated rings. The predicted molar refractivity (Wildman–Crippen MR) is 115 cm³/mol. The number of nitrogens with two attached hydrogens (primary N) is 2. The van der Waals surface area contributed by atoms with Crippen LogP contribution in [0.2, 0.25) is 0 Å². The minimum absolute atomic E-state index is 0.0591. The molecule has 0 aromatic heterocycles. The van der Waals surface area contributed by atoms with Crippen LogP contribution in [-0.4, -0.2) is 59.5 Å². The van der Waals surface area contributed by atoms with Crippen molar-refractivity contribution in [1.29, 1.82) is 5.41 Å². The Labute approximate surface area is 179 Å². The second kappa shape index (κ2) is 13.7. The molecule has 7 N–H and O–H groups in total. The van der Waals surface area contributed by atoms with Crippen molar-refractivity contribution in [2.24, 2.45) is 23.3 Å². The quantitative estimate of drug-likeness (QED) is 0.120. The van der Waals surface area contributed by atoms with E-state index in [9.17, 15) is 19.2 Å². The van der Waals surface area contributed by atoms with Gasteiger partial charge in [-0.15, -0.1) is 0 Å². The Hall–Kier alpha value is -2.49. The fraction of sp³-hybridized carbons (Fsp3) is 0.750. The minimum Gasteiger partial charge on any atom is -0.370 e. The summed E-state index contributed by atoms with van der Waals surface area (Å²) in [5, 5.41) is 12.4. The highest BCUT2D eigenvalue weighted by molar-refractivity contribution is 6.01. The lowest BCUT2D eigenvalue weighted by molar-refractivity contribution is -0.151. The van der Waals surface area contributed by atoms with E-state index in [0.717, 1.165) is 4.90 Å². The van der Waals surface area contributed by atoms with Gasteiger partial charge in [-0.1, -0.05) is 27.7 Å². The number of nitrogens with zero attached hydrogens (tertiary/aromatic N) is 1. The van der Waals surface area contributed by atoms with Crippen molar-refractivity contribution >= 4 is 30.0 Å². The number of hydrogen-bond donors (Lipinski definition) is 5. The van der Waals surface area contributed by atoms with Gasteiger partial charge in [0.15, 0.2) is 5.96 Å². The van der Waals surface area contributed by atoms with Crippen molar-refractivity contribution in [1.82, 2.24) is 15.5 Å². The molecular formula is C20H38N6O4. The van der Waals surface area contributed by atoms with Crippen LogP contribution in [0.4, 0.5) is 0 Å². The van der Waals surface area contributed by atoms with E-state index in [1.807, 2.05) is 27.7 Å². The van der Waals surface area contributed by atoms with Gasteiger partial charge in [0.1, 0.15) is 12.3 Å². The second-order valence-electron chi connectivity index (χ2n) is 8.34. The van der Waals surface area contributed by atoms with Crippen LogP contribution in [0.3, 0.4) is 0 Å². The molecule has 0 unspecified atom stereocenters. The molecule has 30 heavy (non-hydrogen) atoms. The van der Waals surface area contributed by atoms with E-state index in [0.29, 0.717) is 32.1 Å². The molecule has 0 saturated heterocycles. The van der Waals surface area contributed by atoms with Gasteiger partial charge in [-0.3, -0.25) is 24.7 Å². The van der Waals surface area contributed by atoms with E-state index < -0.39 is 35.8 Å². The van der Waals surface area contributed by atoms with Crippen LogP contribution in [0.1, 0.15) is 60.3 Å². The lowest BCUT2D eigenvalue weighted by Crippen LogP contribution is -2.56. The average Bonchev–Trinajstić information content (AvgIpc) is 2.61. The number of hydrogen-bond acceptors (Lipinski definition) is 6. The van der Waals surface area contributed by atoms with Gasteiger partial charge in [-0.2, -0.15) is 0 Å². The standard InChI is InChI=1S/C20H38N6O4/c1-12(2)9-16(21)18(29)25-17(10-13(3)4)19(30)26(14(5)28)15(11-27)7-6-8-24-20(22)23/h11-13,15-17H,6-10,21H2,1-5H3,(H,25,29)(H4,22,23,24)/t15-,16-,17-/m0/s1. The number of aldehydes is 1. The fourth-order valence-corrected chi connectivity index (χ4v) is 3.10. The zero-order valence-corrected chi connectivity index (χ0v) is 18.7. The van der Waals surface area contributed by atoms with Gasteiger partial charge in [0.2, 0.25) is 11.8 Å². The Morgan fingerprint density at radius 1 is 1.10 bits per heavy atom. The summed E-state index contributed by atoms with van der Waals surface area (Å²) in [7, 11) is 0. The molecular weight excluding hydrogens is 388 g/mol. The van der Waals surface area contributed by atoms with Crippen LogP contribution >= 0.6 is 0 Å². The largest absolute Gasteiger partial charge is 0.370 e. The van der Waals surface area contributed by atoms with Crippen molar-refractivity contribution < 1.29 is 19.2 Å². The molecule has 0 heterocycles. The van der Waals surface area contributed by atoms with E-state index >= 15 is 0 Å². The van der Waals surface area contributed by atoms with Crippen molar-refractivity contribution in [2.45, 2.75) is 78.4 Å². The molecule has 172 valence electrons. The monoisotopic (exact) mass is 426 g/mol. The van der Waals surface area contributed by atoms with Crippen molar-refractivity contribution in [3.63, 3.8) is 0 Å². The van der Waals surface area contributed by atoms with Crippen molar-refractivity contribution in [3.8, 4) is 0 Å². The maximum absolute atomic E-state index is 13.2. The van der Waals surface area contributed by atoms with Crippen LogP contribution in [0.5, 0.6) is 0 Å². The van der Waals surface area contributed by atoms with E-state index in [1.54, 1.807) is 0 Å². The smallest absolute Gasteiger partial charge is 0.252 e. The van der Waals surface area contributed by atoms with Gasteiger partial charge in [-0.25, -0.2) is 0 Å². The van der Waals surface area contributed by atoms with E-state index in [4.69, 9.17) is 16.9 Å². The van der Waals surface area contributed by atoms with Crippen LogP contribution < -0.4 is 22.1 Å². The Kier molecular flexibility index (Phi) is 12.5. The summed E-state index contributed by atoms with van der Waals surface area (Å²) in [5.74, 6) is -1.59. The normalized spacial score (nSPS) is 14.0. The Bertz CT molecular complexity index is 608. The maximum Gasteiger partial charge on any atom is 0.252 e. The molecule has 0 aliphatic rings. The van der Waals surface area contributed by atoms with Crippen LogP contribution in [-0.2, 0) is 19.2 Å².